The Morgan fingerprint density at radius 1 is 1.59 bits per heavy atom. The molecule has 4 heteroatoms. The highest BCUT2D eigenvalue weighted by Gasteiger charge is 2.26. The SMILES string of the molecule is CCCCC(C(=O)OC)N(C)CC1CCCO1. The van der Waals surface area contributed by atoms with Crippen LogP contribution in [0, 0.1) is 0 Å². The molecule has 1 saturated heterocycles. The van der Waals surface area contributed by atoms with Crippen molar-refractivity contribution in [2.45, 2.75) is 51.2 Å². The topological polar surface area (TPSA) is 38.8 Å². The minimum Gasteiger partial charge on any atom is -0.468 e. The molecule has 0 aromatic heterocycles. The van der Waals surface area contributed by atoms with Gasteiger partial charge in [0.15, 0.2) is 0 Å². The summed E-state index contributed by atoms with van der Waals surface area (Å²) in [6, 6.07) is -0.121. The fourth-order valence-corrected chi connectivity index (χ4v) is 2.29. The fourth-order valence-electron chi connectivity index (χ4n) is 2.29. The van der Waals surface area contributed by atoms with Crippen molar-refractivity contribution < 1.29 is 14.3 Å². The molecule has 0 aromatic rings. The van der Waals surface area contributed by atoms with Gasteiger partial charge < -0.3 is 9.47 Å². The summed E-state index contributed by atoms with van der Waals surface area (Å²) in [4.78, 5) is 13.8. The van der Waals surface area contributed by atoms with Crippen molar-refractivity contribution in [2.24, 2.45) is 0 Å². The minimum absolute atomic E-state index is 0.121. The van der Waals surface area contributed by atoms with Gasteiger partial charge in [0.1, 0.15) is 6.04 Å². The van der Waals surface area contributed by atoms with Gasteiger partial charge in [0.25, 0.3) is 0 Å². The van der Waals surface area contributed by atoms with E-state index in [2.05, 4.69) is 11.8 Å². The highest BCUT2D eigenvalue weighted by molar-refractivity contribution is 5.75. The zero-order chi connectivity index (χ0) is 12.7. The summed E-state index contributed by atoms with van der Waals surface area (Å²) < 4.78 is 10.5. The molecule has 0 spiro atoms. The van der Waals surface area contributed by atoms with E-state index in [1.807, 2.05) is 7.05 Å². The Kier molecular flexibility index (Phi) is 6.52. The minimum atomic E-state index is -0.126. The number of carbonyl (C=O) groups is 1. The smallest absolute Gasteiger partial charge is 0.323 e. The molecular weight excluding hydrogens is 218 g/mol. The van der Waals surface area contributed by atoms with Gasteiger partial charge in [-0.1, -0.05) is 19.8 Å². The number of hydrogen-bond donors (Lipinski definition) is 0. The van der Waals surface area contributed by atoms with Gasteiger partial charge in [0, 0.05) is 13.2 Å². The van der Waals surface area contributed by atoms with Gasteiger partial charge in [-0.15, -0.1) is 0 Å². The molecule has 100 valence electrons. The summed E-state index contributed by atoms with van der Waals surface area (Å²) in [5.41, 5.74) is 0. The molecule has 0 saturated carbocycles. The van der Waals surface area contributed by atoms with Gasteiger partial charge in [-0.25, -0.2) is 0 Å². The summed E-state index contributed by atoms with van der Waals surface area (Å²) in [5.74, 6) is -0.126. The van der Waals surface area contributed by atoms with E-state index in [1.165, 1.54) is 7.11 Å². The Balaban J connectivity index is 2.45. The second-order valence-electron chi connectivity index (χ2n) is 4.76. The zero-order valence-corrected chi connectivity index (χ0v) is 11.3. The average molecular weight is 243 g/mol. The van der Waals surface area contributed by atoms with Gasteiger partial charge >= 0.3 is 5.97 Å². The standard InChI is InChI=1S/C13H25NO3/c1-4-5-8-12(13(15)16-3)14(2)10-11-7-6-9-17-11/h11-12H,4-10H2,1-3H3. The number of methoxy groups -OCH3 is 1. The predicted molar refractivity (Wildman–Crippen MR) is 66.9 cm³/mol. The Morgan fingerprint density at radius 3 is 2.88 bits per heavy atom. The molecule has 4 nitrogen and oxygen atoms in total. The van der Waals surface area contributed by atoms with Crippen LogP contribution < -0.4 is 0 Å². The van der Waals surface area contributed by atoms with E-state index in [1.54, 1.807) is 0 Å². The maximum Gasteiger partial charge on any atom is 0.323 e. The average Bonchev–Trinajstić information content (AvgIpc) is 2.81. The molecule has 0 bridgehead atoms. The number of esters is 1. The van der Waals surface area contributed by atoms with Gasteiger partial charge in [-0.05, 0) is 26.3 Å². The third-order valence-corrected chi connectivity index (χ3v) is 3.35. The highest BCUT2D eigenvalue weighted by atomic mass is 16.5. The van der Waals surface area contributed by atoms with Crippen molar-refractivity contribution in [3.8, 4) is 0 Å². The lowest BCUT2D eigenvalue weighted by molar-refractivity contribution is -0.147. The van der Waals surface area contributed by atoms with E-state index in [-0.39, 0.29) is 18.1 Å². The molecule has 2 unspecified atom stereocenters. The molecule has 0 aliphatic carbocycles. The third kappa shape index (κ3) is 4.64. The van der Waals surface area contributed by atoms with Crippen molar-refractivity contribution in [2.75, 3.05) is 27.3 Å². The molecule has 1 heterocycles. The maximum atomic E-state index is 11.7. The number of rotatable bonds is 7. The molecule has 2 atom stereocenters. The highest BCUT2D eigenvalue weighted by Crippen LogP contribution is 2.16. The molecule has 1 aliphatic heterocycles. The van der Waals surface area contributed by atoms with E-state index >= 15 is 0 Å². The van der Waals surface area contributed by atoms with Gasteiger partial charge in [0.2, 0.25) is 0 Å². The number of carbonyl (C=O) groups excluding carboxylic acids is 1. The van der Waals surface area contributed by atoms with Gasteiger partial charge in [0.05, 0.1) is 13.2 Å². The zero-order valence-electron chi connectivity index (χ0n) is 11.3. The first kappa shape index (κ1) is 14.5. The Labute approximate surface area is 104 Å². The number of unbranched alkanes of at least 4 members (excludes halogenated alkanes) is 1. The van der Waals surface area contributed by atoms with Crippen LogP contribution in [-0.2, 0) is 14.3 Å². The van der Waals surface area contributed by atoms with E-state index in [4.69, 9.17) is 9.47 Å². The Hall–Kier alpha value is -0.610. The van der Waals surface area contributed by atoms with Crippen LogP contribution in [0.15, 0.2) is 0 Å². The lowest BCUT2D eigenvalue weighted by atomic mass is 10.1. The van der Waals surface area contributed by atoms with Crippen LogP contribution in [0.1, 0.15) is 39.0 Å². The number of nitrogens with zero attached hydrogens (tertiary/aromatic N) is 1. The van der Waals surface area contributed by atoms with Crippen LogP contribution in [0.3, 0.4) is 0 Å². The van der Waals surface area contributed by atoms with Crippen LogP contribution in [0.2, 0.25) is 0 Å². The summed E-state index contributed by atoms with van der Waals surface area (Å²) >= 11 is 0. The molecule has 0 aromatic carbocycles. The van der Waals surface area contributed by atoms with Crippen LogP contribution in [0.4, 0.5) is 0 Å². The summed E-state index contributed by atoms with van der Waals surface area (Å²) in [5, 5.41) is 0. The maximum absolute atomic E-state index is 11.7. The second kappa shape index (κ2) is 7.67. The first-order valence-corrected chi connectivity index (χ1v) is 6.58. The first-order valence-electron chi connectivity index (χ1n) is 6.58. The van der Waals surface area contributed by atoms with Crippen LogP contribution in [-0.4, -0.2) is 50.3 Å². The van der Waals surface area contributed by atoms with E-state index in [0.717, 1.165) is 45.3 Å². The fraction of sp³-hybridized carbons (Fsp3) is 0.923. The molecule has 1 rings (SSSR count). The van der Waals surface area contributed by atoms with Crippen molar-refractivity contribution in [1.29, 1.82) is 0 Å². The molecule has 0 radical (unpaired) electrons. The molecule has 17 heavy (non-hydrogen) atoms. The number of ether oxygens (including phenoxy) is 2. The molecule has 1 fully saturated rings. The normalized spacial score (nSPS) is 21.8. The lowest BCUT2D eigenvalue weighted by Crippen LogP contribution is -2.43. The quantitative estimate of drug-likeness (QED) is 0.639. The van der Waals surface area contributed by atoms with Crippen molar-refractivity contribution in [1.82, 2.24) is 4.90 Å². The van der Waals surface area contributed by atoms with Crippen molar-refractivity contribution >= 4 is 5.97 Å². The van der Waals surface area contributed by atoms with Crippen molar-refractivity contribution in [3.05, 3.63) is 0 Å². The third-order valence-electron chi connectivity index (χ3n) is 3.35. The largest absolute Gasteiger partial charge is 0.468 e. The predicted octanol–water partition coefficient (Wildman–Crippen LogP) is 1.83. The monoisotopic (exact) mass is 243 g/mol. The molecular formula is C13H25NO3. The van der Waals surface area contributed by atoms with Gasteiger partial charge in [-0.3, -0.25) is 9.69 Å². The van der Waals surface area contributed by atoms with E-state index < -0.39 is 0 Å². The van der Waals surface area contributed by atoms with Crippen LogP contribution in [0.25, 0.3) is 0 Å². The summed E-state index contributed by atoms with van der Waals surface area (Å²) in [7, 11) is 3.44. The van der Waals surface area contributed by atoms with Crippen LogP contribution >= 0.6 is 0 Å². The second-order valence-corrected chi connectivity index (χ2v) is 4.76. The molecule has 1 aliphatic rings. The summed E-state index contributed by atoms with van der Waals surface area (Å²) in [6.45, 7) is 3.81. The Morgan fingerprint density at radius 2 is 2.35 bits per heavy atom. The molecule has 0 N–H and O–H groups in total. The van der Waals surface area contributed by atoms with E-state index in [9.17, 15) is 4.79 Å². The Bertz CT molecular complexity index is 227. The number of likely N-dealkylation sites (N-methyl/N-ethyl adjacent to an activating group) is 1. The van der Waals surface area contributed by atoms with Crippen molar-refractivity contribution in [3.63, 3.8) is 0 Å². The van der Waals surface area contributed by atoms with Gasteiger partial charge in [-0.2, -0.15) is 0 Å². The van der Waals surface area contributed by atoms with Crippen LogP contribution in [0.5, 0.6) is 0 Å². The molecule has 0 amide bonds. The summed E-state index contributed by atoms with van der Waals surface area (Å²) in [6.07, 6.45) is 5.54. The van der Waals surface area contributed by atoms with E-state index in [0.29, 0.717) is 0 Å². The lowest BCUT2D eigenvalue weighted by Gasteiger charge is -2.27. The first-order chi connectivity index (χ1) is 8.19. The number of hydrogen-bond acceptors (Lipinski definition) is 4.